The summed E-state index contributed by atoms with van der Waals surface area (Å²) in [7, 11) is 12.7. The zero-order chi connectivity index (χ0) is 98.9. The highest BCUT2D eigenvalue weighted by atomic mass is 15.1. The summed E-state index contributed by atoms with van der Waals surface area (Å²) in [5, 5.41) is 13.8. The lowest BCUT2D eigenvalue weighted by Crippen LogP contribution is -2.15. The van der Waals surface area contributed by atoms with E-state index in [4.69, 9.17) is 0 Å². The maximum Gasteiger partial charge on any atom is -0.000111 e. The fraction of sp³-hybridized carbons (Fsp3) is 0.413. The SMILES string of the molecule is CC.CC.CC.CC.CC.CC.CC.CC.CCN(C)CC.CCN(C)CC.CCN(C)CC.CCN(C)CC.CCN(C)CC.CCN(C)CC.c1ccc(Cc2cc3c(c4ccccc24)Cc2c-3ccc3ccccc23)cc1.c1ccc(Cc2cc3c(c4ccccc24)Cc2ccccc2-3)cc1.c1ccc(Cc2ccc3c(c2)-c2c(c4ccccc4c4ccccc24)C3)cc1. The van der Waals surface area contributed by atoms with Crippen LogP contribution in [0.15, 0.2) is 279 Å². The highest BCUT2D eigenvalue weighted by Gasteiger charge is 2.27. The largest absolute Gasteiger partial charge is 0.307 e. The lowest BCUT2D eigenvalue weighted by molar-refractivity contribution is 0.373. The van der Waals surface area contributed by atoms with Gasteiger partial charge in [0.1, 0.15) is 0 Å². The lowest BCUT2D eigenvalue weighted by atomic mass is 9.91. The Kier molecular flexibility index (Phi) is 65.3. The van der Waals surface area contributed by atoms with Crippen molar-refractivity contribution < 1.29 is 0 Å². The van der Waals surface area contributed by atoms with Crippen LogP contribution in [0, 0.1) is 0 Å². The molecule has 0 amide bonds. The van der Waals surface area contributed by atoms with Gasteiger partial charge in [0.25, 0.3) is 0 Å². The van der Waals surface area contributed by atoms with Crippen molar-refractivity contribution in [3.63, 3.8) is 0 Å². The molecule has 3 aliphatic rings. The van der Waals surface area contributed by atoms with Crippen molar-refractivity contribution in [2.75, 3.05) is 121 Å². The minimum atomic E-state index is 0.970. The molecule has 17 rings (SSSR count). The van der Waals surface area contributed by atoms with Crippen molar-refractivity contribution in [1.29, 1.82) is 0 Å². The Bertz CT molecular complexity index is 5200. The molecule has 14 aromatic carbocycles. The molecule has 0 aromatic heterocycles. The summed E-state index contributed by atoms with van der Waals surface area (Å²) in [6.07, 6.45) is 6.04. The summed E-state index contributed by atoms with van der Waals surface area (Å²) >= 11 is 0. The van der Waals surface area contributed by atoms with Crippen molar-refractivity contribution in [3.8, 4) is 33.4 Å². The zero-order valence-electron chi connectivity index (χ0n) is 90.0. The van der Waals surface area contributed by atoms with Gasteiger partial charge in [0.05, 0.1) is 0 Å². The van der Waals surface area contributed by atoms with Crippen LogP contribution in [-0.2, 0) is 38.5 Å². The van der Waals surface area contributed by atoms with Gasteiger partial charge in [0.2, 0.25) is 0 Å². The zero-order valence-corrected chi connectivity index (χ0v) is 90.0. The predicted octanol–water partition coefficient (Wildman–Crippen LogP) is 34.3. The number of hydrogen-bond donors (Lipinski definition) is 0. The summed E-state index contributed by atoms with van der Waals surface area (Å²) in [5.74, 6) is 0. The van der Waals surface area contributed by atoms with E-state index in [1.807, 2.05) is 111 Å². The third-order valence-electron chi connectivity index (χ3n) is 23.9. The highest BCUT2D eigenvalue weighted by molar-refractivity contribution is 6.17. The molecule has 14 aromatic rings. The molecule has 0 aliphatic heterocycles. The van der Waals surface area contributed by atoms with Crippen LogP contribution in [0.5, 0.6) is 0 Å². The van der Waals surface area contributed by atoms with Crippen LogP contribution in [0.1, 0.15) is 261 Å². The quantitative estimate of drug-likeness (QED) is 0.0792. The van der Waals surface area contributed by atoms with Gasteiger partial charge in [0, 0.05) is 0 Å². The van der Waals surface area contributed by atoms with Crippen LogP contribution in [-0.4, -0.2) is 150 Å². The number of nitrogens with zero attached hydrogens (tertiary/aromatic N) is 6. The molecule has 718 valence electrons. The lowest BCUT2D eigenvalue weighted by Gasteiger charge is -2.12. The molecular formula is C126H184N6. The Labute approximate surface area is 810 Å². The van der Waals surface area contributed by atoms with Gasteiger partial charge >= 0.3 is 0 Å². The smallest absolute Gasteiger partial charge is 0.000111 e. The number of benzene rings is 14. The summed E-state index contributed by atoms with van der Waals surface area (Å²) in [6, 6.07) is 102. The highest BCUT2D eigenvalue weighted by Crippen LogP contribution is 2.48. The number of fused-ring (bicyclic) bond motifs is 20. The molecule has 0 fully saturated rings. The molecule has 6 heteroatoms. The summed E-state index contributed by atoms with van der Waals surface area (Å²) in [4.78, 5) is 13.5. The second-order valence-corrected chi connectivity index (χ2v) is 31.1. The molecule has 0 N–H and O–H groups in total. The minimum absolute atomic E-state index is 0.970. The monoisotopic (exact) mass is 1780 g/mol. The molecule has 132 heavy (non-hydrogen) atoms. The van der Waals surface area contributed by atoms with Crippen molar-refractivity contribution in [2.24, 2.45) is 0 Å². The summed E-state index contributed by atoms with van der Waals surface area (Å²) < 4.78 is 0. The van der Waals surface area contributed by atoms with Gasteiger partial charge in [0.15, 0.2) is 0 Å². The topological polar surface area (TPSA) is 19.4 Å². The first kappa shape index (κ1) is 120. The van der Waals surface area contributed by atoms with E-state index in [1.54, 1.807) is 0 Å². The first-order valence-corrected chi connectivity index (χ1v) is 51.5. The number of hydrogen-bond acceptors (Lipinski definition) is 6. The second kappa shape index (κ2) is 71.7. The maximum atomic E-state index is 2.45. The molecule has 0 radical (unpaired) electrons. The Morgan fingerprint density at radius 2 is 0.455 bits per heavy atom. The molecule has 0 saturated heterocycles. The molecule has 0 saturated carbocycles. The van der Waals surface area contributed by atoms with E-state index in [0.717, 1.165) is 117 Å². The first-order chi connectivity index (χ1) is 64.5. The summed E-state index contributed by atoms with van der Waals surface area (Å²) in [6.45, 7) is 71.8. The molecule has 0 bridgehead atoms. The van der Waals surface area contributed by atoms with Crippen LogP contribution < -0.4 is 0 Å². The van der Waals surface area contributed by atoms with E-state index in [0.29, 0.717) is 0 Å². The average molecular weight is 1780 g/mol. The van der Waals surface area contributed by atoms with Gasteiger partial charge < -0.3 is 29.4 Å². The maximum absolute atomic E-state index is 2.45. The Morgan fingerprint density at radius 1 is 0.182 bits per heavy atom. The van der Waals surface area contributed by atoms with Crippen LogP contribution in [0.2, 0.25) is 0 Å². The second-order valence-electron chi connectivity index (χ2n) is 31.1. The van der Waals surface area contributed by atoms with E-state index in [-0.39, 0.29) is 0 Å². The van der Waals surface area contributed by atoms with E-state index in [9.17, 15) is 0 Å². The van der Waals surface area contributed by atoms with Crippen LogP contribution in [0.3, 0.4) is 0 Å². The van der Waals surface area contributed by atoms with E-state index >= 15 is 0 Å². The Balaban J connectivity index is 0.000000788. The van der Waals surface area contributed by atoms with E-state index < -0.39 is 0 Å². The van der Waals surface area contributed by atoms with Crippen molar-refractivity contribution in [2.45, 2.75) is 232 Å². The van der Waals surface area contributed by atoms with Crippen molar-refractivity contribution >= 4 is 53.9 Å². The van der Waals surface area contributed by atoms with Gasteiger partial charge in [-0.2, -0.15) is 0 Å². The van der Waals surface area contributed by atoms with E-state index in [1.165, 1.54) is 154 Å². The first-order valence-electron chi connectivity index (χ1n) is 51.5. The molecule has 0 heterocycles. The fourth-order valence-electron chi connectivity index (χ4n) is 15.1. The van der Waals surface area contributed by atoms with Crippen LogP contribution in [0.4, 0.5) is 0 Å². The van der Waals surface area contributed by atoms with Crippen molar-refractivity contribution in [1.82, 2.24) is 29.4 Å². The molecule has 0 spiro atoms. The average Bonchev–Trinajstić information content (AvgIpc) is 1.55. The third kappa shape index (κ3) is 37.2. The normalized spacial score (nSPS) is 10.5. The Hall–Kier alpha value is -9.86. The summed E-state index contributed by atoms with van der Waals surface area (Å²) in [5.41, 5.74) is 25.7. The molecular weight excluding hydrogens is 1600 g/mol. The van der Waals surface area contributed by atoms with E-state index in [2.05, 4.69) is 434 Å². The van der Waals surface area contributed by atoms with Gasteiger partial charge in [-0.25, -0.2) is 0 Å². The predicted molar refractivity (Wildman–Crippen MR) is 603 cm³/mol. The van der Waals surface area contributed by atoms with Crippen LogP contribution >= 0.6 is 0 Å². The Morgan fingerprint density at radius 3 is 0.833 bits per heavy atom. The van der Waals surface area contributed by atoms with Crippen molar-refractivity contribution in [3.05, 3.63) is 346 Å². The standard InChI is InChI=1S/2C28H20.C24H18.6C5H13N.8C2H6/c1-2-8-19(9-3-1)16-20-14-15-21-18-27-24-12-5-4-10-22(24)23-11-6-7-13-25(23)28(27)26(21)17-20;1-2-8-19(9-3-1)16-21-17-26-25-15-14-20-10-4-5-11-22(20)27(25)18-28(26)24-13-7-6-12-23(21)24;1-2-8-17(9-3-1)14-19-16-23-20-11-5-4-10-18(20)15-24(23)22-13-7-6-12-21(19)22;6*1-4-6(3)5-2;8*1-2/h2*1-15,17H,16,18H2;1-13,16H,14-15H2;6*4-5H2,1-3H3;8*1-2H3. The number of rotatable bonds is 18. The fourth-order valence-corrected chi connectivity index (χ4v) is 15.1. The van der Waals surface area contributed by atoms with Gasteiger partial charge in [-0.3, -0.25) is 0 Å². The van der Waals surface area contributed by atoms with Crippen LogP contribution in [0.25, 0.3) is 87.2 Å². The molecule has 6 nitrogen and oxygen atoms in total. The van der Waals surface area contributed by atoms with Gasteiger partial charge in [-0.15, -0.1) is 0 Å². The minimum Gasteiger partial charge on any atom is -0.307 e. The van der Waals surface area contributed by atoms with Gasteiger partial charge in [-0.1, -0.05) is 461 Å². The van der Waals surface area contributed by atoms with Gasteiger partial charge in [-0.05, 0) is 325 Å². The molecule has 0 atom stereocenters. The third-order valence-corrected chi connectivity index (χ3v) is 23.9. The molecule has 0 unspecified atom stereocenters. The molecule has 3 aliphatic carbocycles.